The number of ketones is 2. The number of aliphatic hydroxyl groups is 9. The summed E-state index contributed by atoms with van der Waals surface area (Å²) in [6.07, 6.45) is 19.6. The van der Waals surface area contributed by atoms with Gasteiger partial charge in [-0.25, -0.2) is 0 Å². The Balaban J connectivity index is 1.00. The average molecular weight is 2140 g/mol. The number of carbonyl (C=O) groups excluding carboxylic acids is 13. The Morgan fingerprint density at radius 2 is 0.713 bits per heavy atom. The first-order valence-corrected chi connectivity index (χ1v) is 59.0. The molecule has 0 aromatic heterocycles. The van der Waals surface area contributed by atoms with Crippen molar-refractivity contribution in [3.05, 3.63) is 0 Å². The maximum Gasteiger partial charge on any atom is 0.242 e. The SMILES string of the molecule is CC(=O)NC1[C@@H](O)[C@@H](O)CO[C@H]1SCCCCCNC(=O)CCCCCC(CCCCCC(=O)NCCCCCS[C@@H]1OC[C@H](O)[C@H](O)C1NC(C)=O)C(=O)CCCCCN(CCCCCC(=O)C(CCCCCC(=O)NCCCCCS[C@@H]1OC[C@H](O)[C@H](O)C1NC(C)=O)CCCCCC(=O)NCCCCCS[C@@H]1OC(CO)[C@H](O)[C@H](O)C1NC(C)=O)C(=O)C1CCC(CN2C(=O)CC(SC(C)S)C2=O)CC1. The minimum Gasteiger partial charge on any atom is -0.394 e. The summed E-state index contributed by atoms with van der Waals surface area (Å²) in [5, 5.41) is 115. The number of imide groups is 1. The van der Waals surface area contributed by atoms with E-state index in [-0.39, 0.29) is 131 Å². The molecule has 11 amide bonds. The average Bonchev–Trinajstić information content (AvgIpc) is 1.72. The Kier molecular flexibility index (Phi) is 65.2. The summed E-state index contributed by atoms with van der Waals surface area (Å²) in [6.45, 7) is 10.1. The van der Waals surface area contributed by atoms with Gasteiger partial charge in [-0.15, -0.1) is 58.8 Å². The third kappa shape index (κ3) is 50.9. The number of carbonyl (C=O) groups is 13. The molecule has 0 aromatic rings. The molecule has 143 heavy (non-hydrogen) atoms. The van der Waals surface area contributed by atoms with E-state index in [0.29, 0.717) is 223 Å². The lowest BCUT2D eigenvalue weighted by atomic mass is 9.81. The number of amides is 11. The molecule has 6 aliphatic rings. The number of thioether (sulfide) groups is 5. The number of nitrogens with one attached hydrogen (secondary N) is 8. The van der Waals surface area contributed by atoms with E-state index < -0.39 is 113 Å². The first-order chi connectivity index (χ1) is 68.6. The molecule has 5 saturated heterocycles. The molecule has 17 N–H and O–H groups in total. The quantitative estimate of drug-likeness (QED) is 0.0119. The zero-order chi connectivity index (χ0) is 104. The van der Waals surface area contributed by atoms with E-state index >= 15 is 0 Å². The summed E-state index contributed by atoms with van der Waals surface area (Å²) in [7, 11) is 0. The van der Waals surface area contributed by atoms with Crippen LogP contribution >= 0.6 is 71.4 Å². The van der Waals surface area contributed by atoms with Gasteiger partial charge in [0.2, 0.25) is 65.0 Å². The zero-order valence-electron chi connectivity index (χ0n) is 85.6. The predicted octanol–water partition coefficient (Wildman–Crippen LogP) is 7.82. The Morgan fingerprint density at radius 1 is 0.399 bits per heavy atom. The Labute approximate surface area is 875 Å². The number of thiol groups is 1. The van der Waals surface area contributed by atoms with E-state index in [1.54, 1.807) is 0 Å². The summed E-state index contributed by atoms with van der Waals surface area (Å²) < 4.78 is 22.9. The van der Waals surface area contributed by atoms with E-state index in [0.717, 1.165) is 128 Å². The molecule has 6 rings (SSSR count). The number of hydrogen-bond donors (Lipinski definition) is 18. The molecule has 0 bridgehead atoms. The summed E-state index contributed by atoms with van der Waals surface area (Å²) in [5.74, 6) is 0.716. The zero-order valence-corrected chi connectivity index (χ0v) is 90.5. The van der Waals surface area contributed by atoms with Crippen molar-refractivity contribution in [2.75, 3.05) is 95.3 Å². The van der Waals surface area contributed by atoms with Gasteiger partial charge in [0.05, 0.1) is 55.8 Å². The maximum absolute atomic E-state index is 14.9. The van der Waals surface area contributed by atoms with Crippen LogP contribution < -0.4 is 42.5 Å². The number of unbranched alkanes of at least 4 members (excludes halogenated alkanes) is 20. The van der Waals surface area contributed by atoms with Gasteiger partial charge in [-0.3, -0.25) is 67.2 Å². The molecule has 36 nitrogen and oxygen atoms in total. The normalized spacial score (nSPS) is 26.2. The fraction of sp³-hybridized carbons (Fsp3) is 0.871. The molecule has 0 aromatic carbocycles. The van der Waals surface area contributed by atoms with Gasteiger partial charge in [-0.2, -0.15) is 12.6 Å². The molecule has 1 saturated carbocycles. The number of hydrogen-bond acceptors (Lipinski definition) is 32. The third-order valence-corrected chi connectivity index (χ3v) is 34.0. The van der Waals surface area contributed by atoms with Crippen molar-refractivity contribution in [3.8, 4) is 0 Å². The van der Waals surface area contributed by atoms with Gasteiger partial charge in [-0.1, -0.05) is 89.9 Å². The molecular formula is C101H176N10O26S6. The summed E-state index contributed by atoms with van der Waals surface area (Å²) >= 11 is 11.6. The molecule has 5 heterocycles. The van der Waals surface area contributed by atoms with E-state index in [9.17, 15) is 108 Å². The lowest BCUT2D eigenvalue weighted by molar-refractivity contribution is -0.173. The Hall–Kier alpha value is -4.71. The highest BCUT2D eigenvalue weighted by Gasteiger charge is 2.47. The predicted molar refractivity (Wildman–Crippen MR) is 560 cm³/mol. The second kappa shape index (κ2) is 73.5. The van der Waals surface area contributed by atoms with Crippen molar-refractivity contribution >= 4 is 148 Å². The van der Waals surface area contributed by atoms with Gasteiger partial charge >= 0.3 is 0 Å². The van der Waals surface area contributed by atoms with Gasteiger partial charge in [0, 0.05) is 141 Å². The van der Waals surface area contributed by atoms with Crippen LogP contribution in [0.15, 0.2) is 0 Å². The highest BCUT2D eigenvalue weighted by Crippen LogP contribution is 2.38. The van der Waals surface area contributed by atoms with E-state index in [1.165, 1.54) is 91.4 Å². The Bertz CT molecular complexity index is 3640. The third-order valence-electron chi connectivity index (χ3n) is 27.5. The summed E-state index contributed by atoms with van der Waals surface area (Å²) in [4.78, 5) is 173. The molecule has 1 aliphatic carbocycles. The van der Waals surface area contributed by atoms with Crippen molar-refractivity contribution in [1.82, 2.24) is 52.3 Å². The standard InChI is InChI=1S/C101H176N10O26S6/c1-66(113)106-87-91(127)77(119)63-134-98(87)139-56-32-12-26-50-102-82(122)42-22-6-16-36-72(37-17-7-23-43-83(123)103-51-27-13-33-57-140-99-88(107-67(2)114)92(128)78(120)64-135-99)75(117)40-20-10-30-54-110(96(132)74-48-46-71(47-49-74)61-111-86(126)60-81(97(111)133)143-70(5)138)55-31-11-21-41-76(118)73(38-18-8-24-44-84(124)104-52-28-14-34-58-141-100-89(108-68(3)115)93(129)79(121)65-136-100)39-19-9-25-45-85(125)105-53-29-15-35-59-142-101-90(109-69(4)116)95(131)94(130)80(62-112)137-101/h70-74,77-81,87-95,98-101,112,119-121,127-131,138H,6-65H2,1-5H3,(H,102,122)(H,103,123)(H,104,124)(H,105,125)(H,106,113)(H,107,114)(H,108,115)(H,109,116)/t70?,71?,72?,73?,74?,77-,78-,79-,80?,81?,87?,88?,89?,90?,91-,92-,93-,94-,95+,98-,99-,100-,101-/m0/s1. The lowest BCUT2D eigenvalue weighted by Crippen LogP contribution is -2.63. The number of rotatable bonds is 76. The smallest absolute Gasteiger partial charge is 0.242 e. The second-order valence-corrected chi connectivity index (χ2v) is 47.2. The summed E-state index contributed by atoms with van der Waals surface area (Å²) in [5.41, 5.74) is -2.17. The molecule has 5 aliphatic heterocycles. The lowest BCUT2D eigenvalue weighted by Gasteiger charge is -2.42. The molecule has 8 unspecified atom stereocenters. The first-order valence-electron chi connectivity index (χ1n) is 53.4. The summed E-state index contributed by atoms with van der Waals surface area (Å²) in [6, 6.07) is -3.05. The monoisotopic (exact) mass is 2140 g/mol. The van der Waals surface area contributed by atoms with Crippen LogP contribution in [0.25, 0.3) is 0 Å². The molecule has 0 spiro atoms. The van der Waals surface area contributed by atoms with E-state index in [4.69, 9.17) is 18.9 Å². The van der Waals surface area contributed by atoms with Crippen LogP contribution in [-0.4, -0.2) is 338 Å². The highest BCUT2D eigenvalue weighted by molar-refractivity contribution is 8.11. The van der Waals surface area contributed by atoms with Gasteiger partial charge in [0.15, 0.2) is 0 Å². The fourth-order valence-electron chi connectivity index (χ4n) is 19.2. The van der Waals surface area contributed by atoms with Crippen LogP contribution in [0, 0.1) is 23.7 Å². The number of nitrogens with zero attached hydrogens (tertiary/aromatic N) is 2. The van der Waals surface area contributed by atoms with Crippen LogP contribution in [0.2, 0.25) is 0 Å². The van der Waals surface area contributed by atoms with Gasteiger partial charge < -0.3 is 112 Å². The second-order valence-electron chi connectivity index (χ2n) is 39.7. The van der Waals surface area contributed by atoms with Crippen molar-refractivity contribution in [2.45, 2.75) is 434 Å². The van der Waals surface area contributed by atoms with Crippen molar-refractivity contribution in [1.29, 1.82) is 0 Å². The van der Waals surface area contributed by atoms with Crippen LogP contribution in [0.1, 0.15) is 324 Å². The molecule has 822 valence electrons. The van der Waals surface area contributed by atoms with E-state index in [1.807, 2.05) is 11.8 Å². The number of likely N-dealkylation sites (tertiary alicyclic amines) is 1. The van der Waals surface area contributed by atoms with Gasteiger partial charge in [0.25, 0.3) is 0 Å². The van der Waals surface area contributed by atoms with Gasteiger partial charge in [0.1, 0.15) is 88.2 Å². The number of ether oxygens (including phenoxy) is 4. The largest absolute Gasteiger partial charge is 0.394 e. The highest BCUT2D eigenvalue weighted by atomic mass is 32.2. The fourth-order valence-corrected chi connectivity index (χ4v) is 25.5. The van der Waals surface area contributed by atoms with Crippen LogP contribution in [0.4, 0.5) is 0 Å². The molecule has 0 radical (unpaired) electrons. The van der Waals surface area contributed by atoms with Gasteiger partial charge in [-0.05, 0) is 190 Å². The Morgan fingerprint density at radius 3 is 1.04 bits per heavy atom. The number of aliphatic hydroxyl groups excluding tert-OH is 9. The van der Waals surface area contributed by atoms with Crippen LogP contribution in [-0.2, 0) is 81.3 Å². The minimum atomic E-state index is -1.36. The first kappa shape index (κ1) is 127. The van der Waals surface area contributed by atoms with E-state index in [2.05, 4.69) is 55.2 Å². The van der Waals surface area contributed by atoms with Crippen LogP contribution in [0.3, 0.4) is 0 Å². The van der Waals surface area contributed by atoms with Crippen molar-refractivity contribution in [2.24, 2.45) is 23.7 Å². The maximum atomic E-state index is 14.9. The minimum absolute atomic E-state index is 0.0252. The topological polar surface area (TPSA) is 544 Å². The molecule has 42 heteroatoms. The molecular weight excluding hydrogens is 1960 g/mol. The van der Waals surface area contributed by atoms with Crippen LogP contribution in [0.5, 0.6) is 0 Å². The number of Topliss-reactive ketones (excluding diaryl/α,β-unsaturated/α-hetero) is 2. The molecule has 6 fully saturated rings. The van der Waals surface area contributed by atoms with Crippen molar-refractivity contribution in [3.63, 3.8) is 0 Å². The van der Waals surface area contributed by atoms with Crippen molar-refractivity contribution < 1.29 is 127 Å². The molecule has 20 atom stereocenters.